The van der Waals surface area contributed by atoms with Crippen LogP contribution in [0.3, 0.4) is 0 Å². The van der Waals surface area contributed by atoms with Gasteiger partial charge < -0.3 is 25.2 Å². The van der Waals surface area contributed by atoms with Gasteiger partial charge in [-0.3, -0.25) is 4.79 Å². The van der Waals surface area contributed by atoms with Gasteiger partial charge in [-0.2, -0.15) is 0 Å². The van der Waals surface area contributed by atoms with Gasteiger partial charge in [-0.1, -0.05) is 0 Å². The van der Waals surface area contributed by atoms with Crippen molar-refractivity contribution < 1.29 is 30.0 Å². The summed E-state index contributed by atoms with van der Waals surface area (Å²) in [5, 5.41) is 36.8. The van der Waals surface area contributed by atoms with Gasteiger partial charge in [-0.05, 0) is 6.92 Å². The number of ether oxygens (including phenoxy) is 1. The van der Waals surface area contributed by atoms with E-state index in [1.54, 1.807) is 0 Å². The fraction of sp³-hybridized carbons (Fsp3) is 0.875. The normalized spacial score (nSPS) is 43.6. The van der Waals surface area contributed by atoms with Crippen molar-refractivity contribution in [2.75, 3.05) is 0 Å². The number of ketones is 1. The molecule has 1 aliphatic heterocycles. The maximum atomic E-state index is 10.7. The minimum Gasteiger partial charge on any atom is -0.388 e. The van der Waals surface area contributed by atoms with Crippen LogP contribution in [0, 0.1) is 0 Å². The zero-order valence-electron chi connectivity index (χ0n) is 7.70. The third kappa shape index (κ3) is 2.28. The van der Waals surface area contributed by atoms with Crippen molar-refractivity contribution in [3.8, 4) is 0 Å². The van der Waals surface area contributed by atoms with Gasteiger partial charge in [0.1, 0.15) is 24.1 Å². The van der Waals surface area contributed by atoms with Crippen LogP contribution in [0.2, 0.25) is 0 Å². The lowest BCUT2D eigenvalue weighted by Crippen LogP contribution is -2.57. The molecule has 0 radical (unpaired) electrons. The minimum absolute atomic E-state index is 0.109. The molecular formula is C8H14O6. The first-order valence-electron chi connectivity index (χ1n) is 4.30. The Balaban J connectivity index is 2.65. The molecule has 5 atom stereocenters. The minimum atomic E-state index is -1.57. The van der Waals surface area contributed by atoms with E-state index in [1.807, 2.05) is 0 Å². The topological polar surface area (TPSA) is 107 Å². The second-order valence-electron chi connectivity index (χ2n) is 3.44. The summed E-state index contributed by atoms with van der Waals surface area (Å²) in [5.41, 5.74) is 0. The number of hydrogen-bond donors (Lipinski definition) is 4. The van der Waals surface area contributed by atoms with Crippen molar-refractivity contribution >= 4 is 5.78 Å². The molecule has 0 amide bonds. The van der Waals surface area contributed by atoms with E-state index in [0.29, 0.717) is 0 Å². The summed E-state index contributed by atoms with van der Waals surface area (Å²) < 4.78 is 4.77. The molecule has 1 fully saturated rings. The lowest BCUT2D eigenvalue weighted by atomic mass is 9.96. The van der Waals surface area contributed by atoms with E-state index in [1.165, 1.54) is 6.92 Å². The molecule has 1 saturated heterocycles. The molecule has 1 aliphatic rings. The zero-order valence-corrected chi connectivity index (χ0v) is 7.70. The smallest absolute Gasteiger partial charge is 0.183 e. The molecule has 1 heterocycles. The highest BCUT2D eigenvalue weighted by Gasteiger charge is 2.43. The summed E-state index contributed by atoms with van der Waals surface area (Å²) in [4.78, 5) is 10.7. The van der Waals surface area contributed by atoms with Crippen LogP contribution in [-0.4, -0.2) is 56.9 Å². The van der Waals surface area contributed by atoms with Gasteiger partial charge in [-0.15, -0.1) is 0 Å². The second-order valence-corrected chi connectivity index (χ2v) is 3.44. The van der Waals surface area contributed by atoms with Gasteiger partial charge in [0.25, 0.3) is 0 Å². The molecule has 6 nitrogen and oxygen atoms in total. The largest absolute Gasteiger partial charge is 0.388 e. The molecule has 1 rings (SSSR count). The number of carbonyl (C=O) groups excluding carboxylic acids is 1. The summed E-state index contributed by atoms with van der Waals surface area (Å²) in [6.45, 7) is 1.31. The Morgan fingerprint density at radius 1 is 1.14 bits per heavy atom. The van der Waals surface area contributed by atoms with Gasteiger partial charge in [0.05, 0.1) is 6.10 Å². The quantitative estimate of drug-likeness (QED) is 0.407. The van der Waals surface area contributed by atoms with Crippen LogP contribution in [0.4, 0.5) is 0 Å². The Morgan fingerprint density at radius 3 is 2.21 bits per heavy atom. The second kappa shape index (κ2) is 4.33. The molecule has 0 spiro atoms. The molecule has 0 saturated carbocycles. The van der Waals surface area contributed by atoms with Gasteiger partial charge in [0.2, 0.25) is 0 Å². The van der Waals surface area contributed by atoms with E-state index in [9.17, 15) is 15.0 Å². The fourth-order valence-electron chi connectivity index (χ4n) is 1.38. The predicted molar refractivity (Wildman–Crippen MR) is 44.2 cm³/mol. The summed E-state index contributed by atoms with van der Waals surface area (Å²) in [6, 6.07) is 0. The van der Waals surface area contributed by atoms with Gasteiger partial charge in [0.15, 0.2) is 6.29 Å². The van der Waals surface area contributed by atoms with Crippen LogP contribution in [0.15, 0.2) is 0 Å². The molecule has 4 N–H and O–H groups in total. The molecule has 6 heteroatoms. The fourth-order valence-corrected chi connectivity index (χ4v) is 1.38. The van der Waals surface area contributed by atoms with Crippen molar-refractivity contribution in [3.63, 3.8) is 0 Å². The standard InChI is InChI=1S/C8H14O6/c1-3(9)2-4-5(10)6(11)7(12)8(13)14-4/h4-8,10-13H,2H2,1H3/t4?,5-,6+,7-,8+/m1/s1. The van der Waals surface area contributed by atoms with Crippen LogP contribution in [-0.2, 0) is 9.53 Å². The van der Waals surface area contributed by atoms with Crippen LogP contribution < -0.4 is 0 Å². The number of Topliss-reactive ketones (excluding diaryl/α,β-unsaturated/α-hetero) is 1. The average molecular weight is 206 g/mol. The Morgan fingerprint density at radius 2 is 1.71 bits per heavy atom. The van der Waals surface area contributed by atoms with Crippen molar-refractivity contribution in [2.45, 2.75) is 44.1 Å². The van der Waals surface area contributed by atoms with Crippen molar-refractivity contribution in [2.24, 2.45) is 0 Å². The van der Waals surface area contributed by atoms with Crippen LogP contribution in [0.1, 0.15) is 13.3 Å². The molecule has 82 valence electrons. The van der Waals surface area contributed by atoms with Crippen molar-refractivity contribution in [1.82, 2.24) is 0 Å². The molecule has 0 aromatic rings. The highest BCUT2D eigenvalue weighted by atomic mass is 16.6. The third-order valence-corrected chi connectivity index (χ3v) is 2.18. The van der Waals surface area contributed by atoms with Crippen LogP contribution in [0.25, 0.3) is 0 Å². The highest BCUT2D eigenvalue weighted by Crippen LogP contribution is 2.21. The lowest BCUT2D eigenvalue weighted by Gasteiger charge is -2.37. The number of rotatable bonds is 2. The third-order valence-electron chi connectivity index (χ3n) is 2.18. The summed E-state index contributed by atoms with van der Waals surface area (Å²) in [6.07, 6.45) is -7.06. The highest BCUT2D eigenvalue weighted by molar-refractivity contribution is 5.76. The van der Waals surface area contributed by atoms with E-state index in [2.05, 4.69) is 0 Å². The van der Waals surface area contributed by atoms with Gasteiger partial charge >= 0.3 is 0 Å². The van der Waals surface area contributed by atoms with E-state index in [0.717, 1.165) is 0 Å². The molecule has 0 aromatic heterocycles. The SMILES string of the molecule is CC(=O)CC1O[C@H](O)[C@H](O)[C@@H](O)[C@@H]1O. The lowest BCUT2D eigenvalue weighted by molar-refractivity contribution is -0.281. The van der Waals surface area contributed by atoms with Gasteiger partial charge in [-0.25, -0.2) is 0 Å². The first-order chi connectivity index (χ1) is 6.43. The summed E-state index contributed by atoms with van der Waals surface area (Å²) >= 11 is 0. The predicted octanol–water partition coefficient (Wildman–Crippen LogP) is -2.23. The Labute approximate surface area is 80.7 Å². The monoisotopic (exact) mass is 206 g/mol. The molecule has 1 unspecified atom stereocenters. The molecule has 14 heavy (non-hydrogen) atoms. The van der Waals surface area contributed by atoms with Gasteiger partial charge in [0, 0.05) is 6.42 Å². The maximum Gasteiger partial charge on any atom is 0.183 e. The summed E-state index contributed by atoms with van der Waals surface area (Å²) in [5.74, 6) is -0.232. The Kier molecular flexibility index (Phi) is 3.57. The van der Waals surface area contributed by atoms with E-state index in [-0.39, 0.29) is 12.2 Å². The molecular weight excluding hydrogens is 192 g/mol. The average Bonchev–Trinajstić information content (AvgIpc) is 2.10. The first kappa shape index (κ1) is 11.5. The number of aliphatic hydroxyl groups is 4. The first-order valence-corrected chi connectivity index (χ1v) is 4.30. The number of carbonyl (C=O) groups is 1. The zero-order chi connectivity index (χ0) is 10.9. The van der Waals surface area contributed by atoms with E-state index < -0.39 is 30.7 Å². The molecule has 0 bridgehead atoms. The van der Waals surface area contributed by atoms with E-state index >= 15 is 0 Å². The molecule has 0 aliphatic carbocycles. The number of hydrogen-bond acceptors (Lipinski definition) is 6. The Bertz CT molecular complexity index is 218. The Hall–Kier alpha value is -0.530. The van der Waals surface area contributed by atoms with Crippen molar-refractivity contribution in [1.29, 1.82) is 0 Å². The van der Waals surface area contributed by atoms with Crippen LogP contribution in [0.5, 0.6) is 0 Å². The summed E-state index contributed by atoms with van der Waals surface area (Å²) in [7, 11) is 0. The molecule has 0 aromatic carbocycles. The maximum absolute atomic E-state index is 10.7. The van der Waals surface area contributed by atoms with Crippen LogP contribution >= 0.6 is 0 Å². The van der Waals surface area contributed by atoms with E-state index in [4.69, 9.17) is 14.9 Å². The van der Waals surface area contributed by atoms with Crippen molar-refractivity contribution in [3.05, 3.63) is 0 Å². The number of aliphatic hydroxyl groups excluding tert-OH is 4.